The molecule has 2 heteroatoms. The molecule has 1 aliphatic rings. The van der Waals surface area contributed by atoms with Gasteiger partial charge >= 0.3 is 0 Å². The van der Waals surface area contributed by atoms with Crippen LogP contribution in [0.4, 0.5) is 0 Å². The lowest BCUT2D eigenvalue weighted by molar-refractivity contribution is 0.394. The minimum absolute atomic E-state index is 0.314. The first-order valence-corrected chi connectivity index (χ1v) is 6.40. The Labute approximate surface area is 104 Å². The van der Waals surface area contributed by atoms with Gasteiger partial charge in [-0.25, -0.2) is 0 Å². The van der Waals surface area contributed by atoms with Gasteiger partial charge < -0.3 is 0 Å². The summed E-state index contributed by atoms with van der Waals surface area (Å²) in [6, 6.07) is 9.07. The standard InChI is InChI=1S/C15H22N2/c1-11(2)10-15(17-16)14-9-5-7-12-6-3-4-8-13(12)14/h3-4,6,8,14-15,17H,1,5,7,9-10,16H2,2H3. The first kappa shape index (κ1) is 12.3. The van der Waals surface area contributed by atoms with Crippen LogP contribution in [-0.2, 0) is 6.42 Å². The van der Waals surface area contributed by atoms with Crippen LogP contribution < -0.4 is 11.3 Å². The van der Waals surface area contributed by atoms with Crippen molar-refractivity contribution in [3.8, 4) is 0 Å². The molecule has 0 saturated heterocycles. The van der Waals surface area contributed by atoms with E-state index in [1.807, 2.05) is 0 Å². The van der Waals surface area contributed by atoms with Gasteiger partial charge in [0.1, 0.15) is 0 Å². The Bertz CT molecular complexity index is 398. The summed E-state index contributed by atoms with van der Waals surface area (Å²) in [5, 5.41) is 0. The fourth-order valence-electron chi connectivity index (χ4n) is 2.90. The van der Waals surface area contributed by atoms with Crippen LogP contribution in [-0.4, -0.2) is 6.04 Å². The molecule has 3 N–H and O–H groups in total. The molecule has 0 aromatic heterocycles. The van der Waals surface area contributed by atoms with Crippen molar-refractivity contribution in [2.24, 2.45) is 5.84 Å². The number of rotatable bonds is 4. The third-order valence-electron chi connectivity index (χ3n) is 3.68. The van der Waals surface area contributed by atoms with Gasteiger partial charge in [-0.15, -0.1) is 6.58 Å². The molecule has 0 bridgehead atoms. The van der Waals surface area contributed by atoms with Gasteiger partial charge in [-0.3, -0.25) is 11.3 Å². The summed E-state index contributed by atoms with van der Waals surface area (Å²) in [5.41, 5.74) is 7.14. The van der Waals surface area contributed by atoms with Gasteiger partial charge in [-0.05, 0) is 43.7 Å². The molecule has 0 saturated carbocycles. The van der Waals surface area contributed by atoms with Crippen molar-refractivity contribution < 1.29 is 0 Å². The number of benzene rings is 1. The predicted molar refractivity (Wildman–Crippen MR) is 72.7 cm³/mol. The maximum atomic E-state index is 5.72. The van der Waals surface area contributed by atoms with Crippen molar-refractivity contribution in [1.82, 2.24) is 5.43 Å². The molecule has 2 rings (SSSR count). The van der Waals surface area contributed by atoms with Crippen molar-refractivity contribution in [3.05, 3.63) is 47.5 Å². The molecule has 2 nitrogen and oxygen atoms in total. The van der Waals surface area contributed by atoms with Crippen molar-refractivity contribution in [2.45, 2.75) is 44.6 Å². The van der Waals surface area contributed by atoms with E-state index >= 15 is 0 Å². The maximum absolute atomic E-state index is 5.72. The summed E-state index contributed by atoms with van der Waals surface area (Å²) in [7, 11) is 0. The highest BCUT2D eigenvalue weighted by molar-refractivity contribution is 5.34. The van der Waals surface area contributed by atoms with E-state index in [0.29, 0.717) is 12.0 Å². The number of nitrogens with one attached hydrogen (secondary N) is 1. The molecule has 2 unspecified atom stereocenters. The van der Waals surface area contributed by atoms with Gasteiger partial charge in [0, 0.05) is 12.0 Å². The van der Waals surface area contributed by atoms with E-state index in [0.717, 1.165) is 6.42 Å². The Kier molecular flexibility index (Phi) is 3.97. The van der Waals surface area contributed by atoms with Crippen molar-refractivity contribution in [2.75, 3.05) is 0 Å². The number of aryl methyl sites for hydroxylation is 1. The van der Waals surface area contributed by atoms with E-state index in [1.165, 1.54) is 36.0 Å². The quantitative estimate of drug-likeness (QED) is 0.474. The van der Waals surface area contributed by atoms with Crippen LogP contribution in [0.25, 0.3) is 0 Å². The highest BCUT2D eigenvalue weighted by Gasteiger charge is 2.26. The number of fused-ring (bicyclic) bond motifs is 1. The number of nitrogens with two attached hydrogens (primary N) is 1. The largest absolute Gasteiger partial charge is 0.271 e. The van der Waals surface area contributed by atoms with Gasteiger partial charge in [0.2, 0.25) is 0 Å². The Balaban J connectivity index is 2.24. The minimum Gasteiger partial charge on any atom is -0.271 e. The Hall–Kier alpha value is -1.12. The van der Waals surface area contributed by atoms with Crippen LogP contribution in [0.3, 0.4) is 0 Å². The molecular formula is C15H22N2. The van der Waals surface area contributed by atoms with Gasteiger partial charge in [0.15, 0.2) is 0 Å². The lowest BCUT2D eigenvalue weighted by Gasteiger charge is -2.32. The molecule has 0 radical (unpaired) electrons. The molecule has 1 aliphatic carbocycles. The second kappa shape index (κ2) is 5.48. The zero-order valence-electron chi connectivity index (χ0n) is 10.6. The van der Waals surface area contributed by atoms with E-state index < -0.39 is 0 Å². The fourth-order valence-corrected chi connectivity index (χ4v) is 2.90. The third-order valence-corrected chi connectivity index (χ3v) is 3.68. The average Bonchev–Trinajstić information content (AvgIpc) is 2.35. The van der Waals surface area contributed by atoms with Crippen LogP contribution in [0.2, 0.25) is 0 Å². The molecule has 0 spiro atoms. The van der Waals surface area contributed by atoms with Crippen molar-refractivity contribution in [3.63, 3.8) is 0 Å². The van der Waals surface area contributed by atoms with E-state index in [-0.39, 0.29) is 0 Å². The Morgan fingerprint density at radius 2 is 2.29 bits per heavy atom. The summed E-state index contributed by atoms with van der Waals surface area (Å²) in [4.78, 5) is 0. The molecule has 0 amide bonds. The first-order chi connectivity index (χ1) is 8.22. The number of hydrogen-bond donors (Lipinski definition) is 2. The van der Waals surface area contributed by atoms with E-state index in [1.54, 1.807) is 0 Å². The SMILES string of the molecule is C=C(C)CC(NN)C1CCCc2ccccc21. The summed E-state index contributed by atoms with van der Waals surface area (Å²) in [6.45, 7) is 6.07. The van der Waals surface area contributed by atoms with Gasteiger partial charge in [0.05, 0.1) is 0 Å². The van der Waals surface area contributed by atoms with E-state index in [9.17, 15) is 0 Å². The number of hydrogen-bond acceptors (Lipinski definition) is 2. The lowest BCUT2D eigenvalue weighted by Crippen LogP contribution is -2.41. The first-order valence-electron chi connectivity index (χ1n) is 6.40. The van der Waals surface area contributed by atoms with Gasteiger partial charge in [-0.2, -0.15) is 0 Å². The zero-order valence-corrected chi connectivity index (χ0v) is 10.6. The highest BCUT2D eigenvalue weighted by Crippen LogP contribution is 2.35. The molecular weight excluding hydrogens is 208 g/mol. The lowest BCUT2D eigenvalue weighted by atomic mass is 9.77. The van der Waals surface area contributed by atoms with Gasteiger partial charge in [0.25, 0.3) is 0 Å². The smallest absolute Gasteiger partial charge is 0.0316 e. The van der Waals surface area contributed by atoms with Crippen molar-refractivity contribution in [1.29, 1.82) is 0 Å². The van der Waals surface area contributed by atoms with Crippen LogP contribution in [0.15, 0.2) is 36.4 Å². The molecule has 17 heavy (non-hydrogen) atoms. The van der Waals surface area contributed by atoms with Crippen molar-refractivity contribution >= 4 is 0 Å². The van der Waals surface area contributed by atoms with E-state index in [2.05, 4.69) is 43.2 Å². The average molecular weight is 230 g/mol. The van der Waals surface area contributed by atoms with Crippen LogP contribution in [0.1, 0.15) is 43.2 Å². The molecule has 0 heterocycles. The van der Waals surface area contributed by atoms with E-state index in [4.69, 9.17) is 5.84 Å². The summed E-state index contributed by atoms with van der Waals surface area (Å²) in [6.07, 6.45) is 4.64. The summed E-state index contributed by atoms with van der Waals surface area (Å²) < 4.78 is 0. The van der Waals surface area contributed by atoms with Gasteiger partial charge in [-0.1, -0.05) is 29.8 Å². The summed E-state index contributed by atoms with van der Waals surface area (Å²) >= 11 is 0. The normalized spacial score (nSPS) is 20.7. The highest BCUT2D eigenvalue weighted by atomic mass is 15.2. The third kappa shape index (κ3) is 2.76. The van der Waals surface area contributed by atoms with Crippen LogP contribution >= 0.6 is 0 Å². The van der Waals surface area contributed by atoms with Crippen LogP contribution in [0, 0.1) is 0 Å². The Morgan fingerprint density at radius 1 is 1.53 bits per heavy atom. The fraction of sp³-hybridized carbons (Fsp3) is 0.467. The summed E-state index contributed by atoms with van der Waals surface area (Å²) in [5.74, 6) is 6.25. The predicted octanol–water partition coefficient (Wildman–Crippen LogP) is 2.90. The molecule has 0 fully saturated rings. The molecule has 0 aliphatic heterocycles. The minimum atomic E-state index is 0.314. The molecule has 1 aromatic rings. The molecule has 1 aromatic carbocycles. The maximum Gasteiger partial charge on any atom is 0.0316 e. The van der Waals surface area contributed by atoms with Crippen LogP contribution in [0.5, 0.6) is 0 Å². The second-order valence-corrected chi connectivity index (χ2v) is 5.13. The monoisotopic (exact) mass is 230 g/mol. The second-order valence-electron chi connectivity index (χ2n) is 5.13. The Morgan fingerprint density at radius 3 is 3.00 bits per heavy atom. The topological polar surface area (TPSA) is 38.0 Å². The zero-order chi connectivity index (χ0) is 12.3. The molecule has 2 atom stereocenters. The number of hydrazine groups is 1. The molecule has 92 valence electrons.